The molecule has 2 aromatic heterocycles. The highest BCUT2D eigenvalue weighted by molar-refractivity contribution is 14.1. The highest BCUT2D eigenvalue weighted by Gasteiger charge is 2.34. The van der Waals surface area contributed by atoms with Gasteiger partial charge in [-0.3, -0.25) is 0 Å². The van der Waals surface area contributed by atoms with Gasteiger partial charge in [0.1, 0.15) is 0 Å². The van der Waals surface area contributed by atoms with Crippen molar-refractivity contribution in [3.8, 4) is 11.8 Å². The fraction of sp³-hybridized carbons (Fsp3) is 0.350. The molecule has 3 aromatic rings. The molecule has 9 heteroatoms. The Kier molecular flexibility index (Phi) is 6.24. The monoisotopic (exact) mass is 521 g/mol. The van der Waals surface area contributed by atoms with Crippen LogP contribution in [0, 0.1) is 15.4 Å². The first-order valence-electron chi connectivity index (χ1n) is 9.17. The van der Waals surface area contributed by atoms with Crippen LogP contribution in [-0.4, -0.2) is 52.9 Å². The summed E-state index contributed by atoms with van der Waals surface area (Å²) < 4.78 is 3.07. The van der Waals surface area contributed by atoms with E-state index < -0.39 is 12.2 Å². The van der Waals surface area contributed by atoms with Crippen molar-refractivity contribution in [2.75, 3.05) is 11.1 Å². The van der Waals surface area contributed by atoms with Crippen LogP contribution < -0.4 is 5.32 Å². The van der Waals surface area contributed by atoms with Gasteiger partial charge in [-0.15, -0.1) is 0 Å². The molecule has 150 valence electrons. The number of anilines is 1. The van der Waals surface area contributed by atoms with E-state index in [0.29, 0.717) is 41.6 Å². The molecule has 7 nitrogen and oxygen atoms in total. The quantitative estimate of drug-likeness (QED) is 0.350. The molecule has 0 spiro atoms. The molecular formula is C20H20IN5O2S. The number of thioether (sulfide) groups is 1. The Morgan fingerprint density at radius 2 is 2.21 bits per heavy atom. The molecular weight excluding hydrogens is 501 g/mol. The minimum atomic E-state index is -0.757. The van der Waals surface area contributed by atoms with Gasteiger partial charge in [0.2, 0.25) is 5.82 Å². The lowest BCUT2D eigenvalue weighted by Gasteiger charge is -2.16. The third-order valence-corrected chi connectivity index (χ3v) is 6.74. The van der Waals surface area contributed by atoms with Crippen LogP contribution in [0.2, 0.25) is 0 Å². The second-order valence-electron chi connectivity index (χ2n) is 6.75. The Bertz CT molecular complexity index is 1090. The minimum Gasteiger partial charge on any atom is -0.390 e. The van der Waals surface area contributed by atoms with E-state index in [9.17, 15) is 10.2 Å². The van der Waals surface area contributed by atoms with Crippen LogP contribution in [0.25, 0.3) is 11.2 Å². The Labute approximate surface area is 186 Å². The Balaban J connectivity index is 1.65. The first-order valence-corrected chi connectivity index (χ1v) is 11.3. The Morgan fingerprint density at radius 1 is 1.34 bits per heavy atom. The number of aliphatic hydroxyl groups is 2. The van der Waals surface area contributed by atoms with Gasteiger partial charge in [-0.25, -0.2) is 15.0 Å². The van der Waals surface area contributed by atoms with Gasteiger partial charge in [0.25, 0.3) is 0 Å². The van der Waals surface area contributed by atoms with Crippen molar-refractivity contribution in [2.24, 2.45) is 0 Å². The highest BCUT2D eigenvalue weighted by atomic mass is 127. The maximum absolute atomic E-state index is 10.2. The van der Waals surface area contributed by atoms with E-state index in [1.165, 1.54) is 3.57 Å². The number of nitrogens with one attached hydrogen (secondary N) is 1. The number of benzene rings is 1. The molecule has 4 rings (SSSR count). The van der Waals surface area contributed by atoms with Gasteiger partial charge in [-0.05, 0) is 53.1 Å². The normalized spacial score (nSPS) is 21.2. The average Bonchev–Trinajstić information content (AvgIpc) is 3.25. The third kappa shape index (κ3) is 4.50. The second-order valence-corrected chi connectivity index (χ2v) is 9.27. The van der Waals surface area contributed by atoms with Crippen LogP contribution in [0.3, 0.4) is 0 Å². The Hall–Kier alpha value is -1.87. The molecule has 1 aliphatic heterocycles. The van der Waals surface area contributed by atoms with Crippen molar-refractivity contribution in [1.82, 2.24) is 19.5 Å². The molecule has 1 saturated heterocycles. The lowest BCUT2D eigenvalue weighted by Crippen LogP contribution is -2.31. The number of aromatic nitrogens is 4. The molecule has 1 aliphatic rings. The molecule has 0 unspecified atom stereocenters. The molecule has 3 N–H and O–H groups in total. The number of hydrogen-bond acceptors (Lipinski definition) is 7. The summed E-state index contributed by atoms with van der Waals surface area (Å²) in [7, 11) is 0. The van der Waals surface area contributed by atoms with Gasteiger partial charge in [0.05, 0.1) is 23.8 Å². The van der Waals surface area contributed by atoms with E-state index >= 15 is 0 Å². The van der Waals surface area contributed by atoms with E-state index in [4.69, 9.17) is 0 Å². The molecule has 0 bridgehead atoms. The van der Waals surface area contributed by atoms with Crippen LogP contribution in [0.1, 0.15) is 18.3 Å². The van der Waals surface area contributed by atoms with Gasteiger partial charge in [-0.1, -0.05) is 18.1 Å². The molecule has 3 atom stereocenters. The molecule has 0 radical (unpaired) electrons. The molecule has 29 heavy (non-hydrogen) atoms. The summed E-state index contributed by atoms with van der Waals surface area (Å²) >= 11 is 3.85. The summed E-state index contributed by atoms with van der Waals surface area (Å²) in [5.41, 5.74) is 2.47. The number of nitrogens with zero attached hydrogens (tertiary/aromatic N) is 4. The number of rotatable bonds is 5. The van der Waals surface area contributed by atoms with E-state index in [0.717, 1.165) is 5.56 Å². The van der Waals surface area contributed by atoms with Crippen LogP contribution in [0.4, 0.5) is 5.82 Å². The SMILES string of the molecule is CC#Cc1nc(NCc2cccc(I)c2)c2ncn(C[C@@H]3SC[C@@H](O)[C@H]3O)c2n1. The molecule has 0 amide bonds. The van der Waals surface area contributed by atoms with Crippen molar-refractivity contribution < 1.29 is 10.2 Å². The number of imidazole rings is 1. The molecule has 3 heterocycles. The average molecular weight is 521 g/mol. The van der Waals surface area contributed by atoms with E-state index in [1.807, 2.05) is 10.6 Å². The van der Waals surface area contributed by atoms with Gasteiger partial charge in [0.15, 0.2) is 17.0 Å². The fourth-order valence-corrected chi connectivity index (χ4v) is 5.12. The lowest BCUT2D eigenvalue weighted by atomic mass is 10.1. The van der Waals surface area contributed by atoms with Gasteiger partial charge in [-0.2, -0.15) is 11.8 Å². The first-order chi connectivity index (χ1) is 14.0. The van der Waals surface area contributed by atoms with Crippen LogP contribution in [0.5, 0.6) is 0 Å². The number of aliphatic hydroxyl groups excluding tert-OH is 2. The summed E-state index contributed by atoms with van der Waals surface area (Å²) in [6.07, 6.45) is 0.256. The Morgan fingerprint density at radius 3 is 2.93 bits per heavy atom. The summed E-state index contributed by atoms with van der Waals surface area (Å²) in [6, 6.07) is 8.25. The van der Waals surface area contributed by atoms with Gasteiger partial charge in [0, 0.05) is 22.4 Å². The number of hydrogen-bond donors (Lipinski definition) is 3. The van der Waals surface area contributed by atoms with Crippen molar-refractivity contribution in [2.45, 2.75) is 37.5 Å². The maximum Gasteiger partial charge on any atom is 0.208 e. The van der Waals surface area contributed by atoms with Crippen LogP contribution in [0.15, 0.2) is 30.6 Å². The van der Waals surface area contributed by atoms with Crippen molar-refractivity contribution in [3.05, 3.63) is 45.6 Å². The summed E-state index contributed by atoms with van der Waals surface area (Å²) in [5.74, 6) is 7.35. The van der Waals surface area contributed by atoms with E-state index in [1.54, 1.807) is 25.0 Å². The zero-order valence-electron chi connectivity index (χ0n) is 15.7. The predicted octanol–water partition coefficient (Wildman–Crippen LogP) is 2.25. The number of halogens is 1. The van der Waals surface area contributed by atoms with E-state index in [-0.39, 0.29) is 5.25 Å². The van der Waals surface area contributed by atoms with Crippen molar-refractivity contribution in [3.63, 3.8) is 0 Å². The van der Waals surface area contributed by atoms with Crippen LogP contribution in [-0.2, 0) is 13.1 Å². The summed E-state index contributed by atoms with van der Waals surface area (Å²) in [6.45, 7) is 2.86. The highest BCUT2D eigenvalue weighted by Crippen LogP contribution is 2.30. The van der Waals surface area contributed by atoms with E-state index in [2.05, 4.69) is 72.9 Å². The van der Waals surface area contributed by atoms with Crippen molar-refractivity contribution >= 4 is 51.3 Å². The smallest absolute Gasteiger partial charge is 0.208 e. The maximum atomic E-state index is 10.2. The predicted molar refractivity (Wildman–Crippen MR) is 123 cm³/mol. The second kappa shape index (κ2) is 8.87. The molecule has 0 aliphatic carbocycles. The van der Waals surface area contributed by atoms with Gasteiger partial charge >= 0.3 is 0 Å². The molecule has 0 saturated carbocycles. The van der Waals surface area contributed by atoms with Crippen LogP contribution >= 0.6 is 34.4 Å². The topological polar surface area (TPSA) is 96.1 Å². The largest absolute Gasteiger partial charge is 0.390 e. The molecule has 1 aromatic carbocycles. The van der Waals surface area contributed by atoms with Crippen molar-refractivity contribution in [1.29, 1.82) is 0 Å². The summed E-state index contributed by atoms with van der Waals surface area (Å²) in [4.78, 5) is 13.6. The minimum absolute atomic E-state index is 0.110. The first kappa shape index (κ1) is 20.4. The standard InChI is InChI=1S/C20H20IN5O2S/c1-2-4-16-24-19(22-8-12-5-3-6-13(21)7-12)17-20(25-16)26(11-23-17)9-15-18(28)14(27)10-29-15/h3,5-7,11,14-15,18,27-28H,8-10H2,1H3,(H,22,24,25)/t14-,15+,18-/m1/s1. The zero-order valence-corrected chi connectivity index (χ0v) is 18.7. The molecule has 1 fully saturated rings. The third-order valence-electron chi connectivity index (χ3n) is 4.68. The lowest BCUT2D eigenvalue weighted by molar-refractivity contribution is 0.0396. The zero-order chi connectivity index (χ0) is 20.4. The summed E-state index contributed by atoms with van der Waals surface area (Å²) in [5, 5.41) is 23.2. The number of fused-ring (bicyclic) bond motifs is 1. The van der Waals surface area contributed by atoms with Gasteiger partial charge < -0.3 is 20.1 Å². The fourth-order valence-electron chi connectivity index (χ4n) is 3.22.